The molecule has 3 rings (SSSR count). The van der Waals surface area contributed by atoms with E-state index >= 15 is 0 Å². The van der Waals surface area contributed by atoms with Gasteiger partial charge in [-0.25, -0.2) is 4.98 Å². The van der Waals surface area contributed by atoms with Gasteiger partial charge in [-0.2, -0.15) is 0 Å². The first-order valence-corrected chi connectivity index (χ1v) is 10.4. The summed E-state index contributed by atoms with van der Waals surface area (Å²) < 4.78 is 5.43. The van der Waals surface area contributed by atoms with E-state index < -0.39 is 0 Å². The van der Waals surface area contributed by atoms with Crippen LogP contribution in [0.2, 0.25) is 0 Å². The summed E-state index contributed by atoms with van der Waals surface area (Å²) in [5.74, 6) is 0.531. The number of nitrogens with one attached hydrogen (secondary N) is 2. The van der Waals surface area contributed by atoms with Gasteiger partial charge in [0, 0.05) is 16.0 Å². The number of thioether (sulfide) groups is 1. The zero-order valence-corrected chi connectivity index (χ0v) is 16.8. The van der Waals surface area contributed by atoms with E-state index in [1.165, 1.54) is 23.1 Å². The standard InChI is InChI=1S/C20H19N3O3S2/c1-14-12-28-20(21-14)23-19(25)13-27-17-9-5-6-15(10-17)22-18(24)11-26-16-7-3-2-4-8-16/h2-10,12H,11,13H2,1H3,(H,22,24)(H,21,23,25). The van der Waals surface area contributed by atoms with Gasteiger partial charge in [0.25, 0.3) is 5.91 Å². The quantitative estimate of drug-likeness (QED) is 0.541. The first-order valence-electron chi connectivity index (χ1n) is 8.51. The molecule has 3 aromatic rings. The molecular weight excluding hydrogens is 394 g/mol. The molecule has 0 aliphatic carbocycles. The van der Waals surface area contributed by atoms with Crippen LogP contribution in [-0.4, -0.2) is 29.2 Å². The lowest BCUT2D eigenvalue weighted by Gasteiger charge is -2.09. The Labute approximate surface area is 171 Å². The summed E-state index contributed by atoms with van der Waals surface area (Å²) in [6, 6.07) is 16.5. The maximum absolute atomic E-state index is 12.1. The van der Waals surface area contributed by atoms with Crippen molar-refractivity contribution in [3.8, 4) is 5.75 Å². The highest BCUT2D eigenvalue weighted by Gasteiger charge is 2.08. The maximum atomic E-state index is 12.1. The smallest absolute Gasteiger partial charge is 0.262 e. The second kappa shape index (κ2) is 9.91. The van der Waals surface area contributed by atoms with Crippen molar-refractivity contribution in [1.82, 2.24) is 4.98 Å². The number of hydrogen-bond acceptors (Lipinski definition) is 6. The highest BCUT2D eigenvalue weighted by Crippen LogP contribution is 2.22. The van der Waals surface area contributed by atoms with Crippen molar-refractivity contribution in [2.24, 2.45) is 0 Å². The van der Waals surface area contributed by atoms with E-state index in [9.17, 15) is 9.59 Å². The average Bonchev–Trinajstić information content (AvgIpc) is 3.10. The number of aryl methyl sites for hydroxylation is 1. The summed E-state index contributed by atoms with van der Waals surface area (Å²) >= 11 is 2.79. The van der Waals surface area contributed by atoms with Gasteiger partial charge in [0.15, 0.2) is 11.7 Å². The fourth-order valence-corrected chi connectivity index (χ4v) is 3.70. The van der Waals surface area contributed by atoms with Crippen molar-refractivity contribution in [3.63, 3.8) is 0 Å². The van der Waals surface area contributed by atoms with Crippen LogP contribution in [0.3, 0.4) is 0 Å². The number of hydrogen-bond donors (Lipinski definition) is 2. The summed E-state index contributed by atoms with van der Waals surface area (Å²) in [4.78, 5) is 29.2. The number of carbonyl (C=O) groups is 2. The summed E-state index contributed by atoms with van der Waals surface area (Å²) in [6.45, 7) is 1.81. The fraction of sp³-hybridized carbons (Fsp3) is 0.150. The first-order chi connectivity index (χ1) is 13.6. The molecule has 2 aromatic carbocycles. The van der Waals surface area contributed by atoms with Crippen molar-refractivity contribution >= 4 is 45.7 Å². The van der Waals surface area contributed by atoms with E-state index in [2.05, 4.69) is 15.6 Å². The molecule has 1 aromatic heterocycles. The Morgan fingerprint density at radius 2 is 1.89 bits per heavy atom. The van der Waals surface area contributed by atoms with Gasteiger partial charge in [0.05, 0.1) is 11.4 Å². The van der Waals surface area contributed by atoms with Crippen LogP contribution in [-0.2, 0) is 9.59 Å². The Morgan fingerprint density at radius 1 is 1.07 bits per heavy atom. The molecule has 0 atom stereocenters. The average molecular weight is 414 g/mol. The number of nitrogens with zero attached hydrogens (tertiary/aromatic N) is 1. The Kier molecular flexibility index (Phi) is 7.05. The van der Waals surface area contributed by atoms with Crippen molar-refractivity contribution in [2.45, 2.75) is 11.8 Å². The SMILES string of the molecule is Cc1csc(NC(=O)CSc2cccc(NC(=O)COc3ccccc3)c2)n1. The van der Waals surface area contributed by atoms with E-state index in [0.29, 0.717) is 16.6 Å². The summed E-state index contributed by atoms with van der Waals surface area (Å²) in [5.41, 5.74) is 1.54. The van der Waals surface area contributed by atoms with Gasteiger partial charge in [0.1, 0.15) is 5.75 Å². The molecule has 0 unspecified atom stereocenters. The third-order valence-electron chi connectivity index (χ3n) is 3.47. The molecule has 0 spiro atoms. The first kappa shape index (κ1) is 19.9. The highest BCUT2D eigenvalue weighted by molar-refractivity contribution is 8.00. The summed E-state index contributed by atoms with van der Waals surface area (Å²) in [6.07, 6.45) is 0. The lowest BCUT2D eigenvalue weighted by Crippen LogP contribution is -2.20. The number of rotatable bonds is 8. The summed E-state index contributed by atoms with van der Waals surface area (Å²) in [7, 11) is 0. The minimum Gasteiger partial charge on any atom is -0.484 e. The molecule has 144 valence electrons. The molecule has 0 saturated carbocycles. The molecule has 0 radical (unpaired) electrons. The molecule has 0 saturated heterocycles. The van der Waals surface area contributed by atoms with Gasteiger partial charge < -0.3 is 15.4 Å². The van der Waals surface area contributed by atoms with Crippen LogP contribution in [0, 0.1) is 6.92 Å². The van der Waals surface area contributed by atoms with Gasteiger partial charge in [-0.15, -0.1) is 23.1 Å². The minimum atomic E-state index is -0.247. The molecule has 28 heavy (non-hydrogen) atoms. The third-order valence-corrected chi connectivity index (χ3v) is 5.34. The van der Waals surface area contributed by atoms with E-state index in [-0.39, 0.29) is 24.2 Å². The number of anilines is 2. The Bertz CT molecular complexity index is 945. The van der Waals surface area contributed by atoms with Crippen LogP contribution in [0.4, 0.5) is 10.8 Å². The van der Waals surface area contributed by atoms with Crippen LogP contribution in [0.5, 0.6) is 5.75 Å². The Morgan fingerprint density at radius 3 is 2.64 bits per heavy atom. The Balaban J connectivity index is 1.46. The number of benzene rings is 2. The van der Waals surface area contributed by atoms with Crippen molar-refractivity contribution < 1.29 is 14.3 Å². The molecule has 0 fully saturated rings. The largest absolute Gasteiger partial charge is 0.484 e. The number of carbonyl (C=O) groups excluding carboxylic acids is 2. The lowest BCUT2D eigenvalue weighted by atomic mass is 10.3. The normalized spacial score (nSPS) is 10.3. The van der Waals surface area contributed by atoms with Crippen LogP contribution >= 0.6 is 23.1 Å². The van der Waals surface area contributed by atoms with Crippen molar-refractivity contribution in [1.29, 1.82) is 0 Å². The van der Waals surface area contributed by atoms with Crippen LogP contribution in [0.25, 0.3) is 0 Å². The molecule has 0 aliphatic heterocycles. The molecule has 1 heterocycles. The number of amides is 2. The minimum absolute atomic E-state index is 0.0724. The zero-order valence-electron chi connectivity index (χ0n) is 15.2. The number of para-hydroxylation sites is 1. The monoisotopic (exact) mass is 413 g/mol. The zero-order chi connectivity index (χ0) is 19.8. The highest BCUT2D eigenvalue weighted by atomic mass is 32.2. The number of aromatic nitrogens is 1. The lowest BCUT2D eigenvalue weighted by molar-refractivity contribution is -0.118. The van der Waals surface area contributed by atoms with E-state index in [1.807, 2.05) is 48.7 Å². The van der Waals surface area contributed by atoms with Crippen molar-refractivity contribution in [2.75, 3.05) is 23.0 Å². The Hall–Kier alpha value is -2.84. The number of ether oxygens (including phenoxy) is 1. The van der Waals surface area contributed by atoms with E-state index in [4.69, 9.17) is 4.74 Å². The molecule has 8 heteroatoms. The van der Waals surface area contributed by atoms with Gasteiger partial charge in [-0.05, 0) is 37.3 Å². The molecule has 2 N–H and O–H groups in total. The second-order valence-corrected chi connectivity index (χ2v) is 7.72. The predicted molar refractivity (Wildman–Crippen MR) is 113 cm³/mol. The molecule has 0 aliphatic rings. The topological polar surface area (TPSA) is 80.3 Å². The van der Waals surface area contributed by atoms with Gasteiger partial charge in [-0.1, -0.05) is 24.3 Å². The second-order valence-electron chi connectivity index (χ2n) is 5.81. The van der Waals surface area contributed by atoms with Gasteiger partial charge >= 0.3 is 0 Å². The van der Waals surface area contributed by atoms with Crippen LogP contribution < -0.4 is 15.4 Å². The summed E-state index contributed by atoms with van der Waals surface area (Å²) in [5, 5.41) is 8.06. The number of thiazole rings is 1. The van der Waals surface area contributed by atoms with Gasteiger partial charge in [-0.3, -0.25) is 9.59 Å². The fourth-order valence-electron chi connectivity index (χ4n) is 2.24. The van der Waals surface area contributed by atoms with Gasteiger partial charge in [0.2, 0.25) is 5.91 Å². The van der Waals surface area contributed by atoms with Crippen LogP contribution in [0.1, 0.15) is 5.69 Å². The molecule has 2 amide bonds. The van der Waals surface area contributed by atoms with Crippen molar-refractivity contribution in [3.05, 3.63) is 65.7 Å². The van der Waals surface area contributed by atoms with Crippen LogP contribution in [0.15, 0.2) is 64.9 Å². The molecule has 6 nitrogen and oxygen atoms in total. The third kappa shape index (κ3) is 6.40. The predicted octanol–water partition coefficient (Wildman–Crippen LogP) is 4.20. The molecular formula is C20H19N3O3S2. The van der Waals surface area contributed by atoms with E-state index in [0.717, 1.165) is 10.6 Å². The molecule has 0 bridgehead atoms. The van der Waals surface area contributed by atoms with E-state index in [1.54, 1.807) is 18.2 Å². The maximum Gasteiger partial charge on any atom is 0.262 e.